The number of hydrogen-bond acceptors (Lipinski definition) is 4. The molecule has 1 heterocycles. The Morgan fingerprint density at radius 3 is 2.42 bits per heavy atom. The molecule has 1 aliphatic rings. The summed E-state index contributed by atoms with van der Waals surface area (Å²) in [6.45, 7) is 16.7. The molecule has 0 amide bonds. The van der Waals surface area contributed by atoms with Crippen LogP contribution in [0.15, 0.2) is 0 Å². The van der Waals surface area contributed by atoms with E-state index in [2.05, 4.69) is 25.7 Å². The van der Waals surface area contributed by atoms with Crippen molar-refractivity contribution in [3.63, 3.8) is 0 Å². The average molecular weight is 342 g/mol. The second-order valence-electron chi connectivity index (χ2n) is 9.00. The number of hydrogen-bond donors (Lipinski definition) is 0. The highest BCUT2D eigenvalue weighted by Gasteiger charge is 2.25. The first kappa shape index (κ1) is 21.6. The smallest absolute Gasteiger partial charge is 0.140 e. The molecular formula is C20H39NO3. The van der Waals surface area contributed by atoms with E-state index in [1.54, 1.807) is 0 Å². The van der Waals surface area contributed by atoms with Crippen LogP contribution in [0.3, 0.4) is 0 Å². The molecule has 0 radical (unpaired) electrons. The van der Waals surface area contributed by atoms with Crippen LogP contribution in [-0.4, -0.2) is 55.2 Å². The summed E-state index contributed by atoms with van der Waals surface area (Å²) in [6.07, 6.45) is 5.28. The van der Waals surface area contributed by atoms with E-state index in [9.17, 15) is 4.79 Å². The number of ketones is 1. The van der Waals surface area contributed by atoms with Gasteiger partial charge in [0.15, 0.2) is 0 Å². The summed E-state index contributed by atoms with van der Waals surface area (Å²) in [4.78, 5) is 14.4. The number of unbranched alkanes of at least 4 members (excludes halogenated alkanes) is 1. The summed E-state index contributed by atoms with van der Waals surface area (Å²) in [5.74, 6) is 0.279. The Balaban J connectivity index is 2.07. The van der Waals surface area contributed by atoms with E-state index < -0.39 is 0 Å². The lowest BCUT2D eigenvalue weighted by atomic mass is 9.89. The third-order valence-corrected chi connectivity index (χ3v) is 4.50. The third-order valence-electron chi connectivity index (χ3n) is 4.50. The minimum absolute atomic E-state index is 0.0490. The highest BCUT2D eigenvalue weighted by atomic mass is 16.5. The second-order valence-corrected chi connectivity index (χ2v) is 9.00. The van der Waals surface area contributed by atoms with Crippen molar-refractivity contribution in [2.45, 2.75) is 85.3 Å². The predicted octanol–water partition coefficient (Wildman–Crippen LogP) is 4.07. The largest absolute Gasteiger partial charge is 0.381 e. The van der Waals surface area contributed by atoms with Crippen LogP contribution in [0.25, 0.3) is 0 Å². The van der Waals surface area contributed by atoms with Gasteiger partial charge in [-0.2, -0.15) is 0 Å². The molecule has 1 atom stereocenters. The van der Waals surface area contributed by atoms with E-state index in [0.29, 0.717) is 19.1 Å². The fourth-order valence-corrected chi connectivity index (χ4v) is 2.89. The van der Waals surface area contributed by atoms with Gasteiger partial charge in [0.1, 0.15) is 5.78 Å². The van der Waals surface area contributed by atoms with E-state index in [0.717, 1.165) is 32.6 Å². The molecule has 0 N–H and O–H groups in total. The van der Waals surface area contributed by atoms with Crippen LogP contribution in [0.1, 0.15) is 73.6 Å². The normalized spacial score (nSPS) is 19.8. The molecule has 0 unspecified atom stereocenters. The zero-order chi connectivity index (χ0) is 18.2. The van der Waals surface area contributed by atoms with Crippen LogP contribution in [0.4, 0.5) is 0 Å². The van der Waals surface area contributed by atoms with Crippen molar-refractivity contribution >= 4 is 5.78 Å². The molecule has 24 heavy (non-hydrogen) atoms. The van der Waals surface area contributed by atoms with Gasteiger partial charge in [-0.1, -0.05) is 20.8 Å². The summed E-state index contributed by atoms with van der Waals surface area (Å²) in [7, 11) is 0. The lowest BCUT2D eigenvalue weighted by molar-refractivity contribution is -0.127. The van der Waals surface area contributed by atoms with E-state index in [1.165, 1.54) is 19.4 Å². The van der Waals surface area contributed by atoms with Crippen molar-refractivity contribution in [3.8, 4) is 0 Å². The minimum atomic E-state index is -0.247. The van der Waals surface area contributed by atoms with E-state index >= 15 is 0 Å². The Morgan fingerprint density at radius 2 is 1.79 bits per heavy atom. The minimum Gasteiger partial charge on any atom is -0.381 e. The Kier molecular flexibility index (Phi) is 8.89. The molecule has 4 heteroatoms. The first-order valence-electron chi connectivity index (χ1n) is 9.58. The van der Waals surface area contributed by atoms with E-state index in [1.807, 2.05) is 20.8 Å². The molecule has 0 saturated carbocycles. The number of carbonyl (C=O) groups excluding carboxylic acids is 1. The number of likely N-dealkylation sites (tertiary alicyclic amines) is 1. The van der Waals surface area contributed by atoms with Gasteiger partial charge in [-0.3, -0.25) is 9.69 Å². The van der Waals surface area contributed by atoms with Gasteiger partial charge in [0.25, 0.3) is 0 Å². The first-order valence-corrected chi connectivity index (χ1v) is 9.58. The van der Waals surface area contributed by atoms with Crippen molar-refractivity contribution in [1.29, 1.82) is 0 Å². The Bertz CT molecular complexity index is 368. The summed E-state index contributed by atoms with van der Waals surface area (Å²) in [5, 5.41) is 0. The van der Waals surface area contributed by atoms with Gasteiger partial charge in [-0.15, -0.1) is 0 Å². The molecule has 1 fully saturated rings. The maximum atomic E-state index is 11.8. The van der Waals surface area contributed by atoms with Crippen molar-refractivity contribution in [2.75, 3.05) is 32.9 Å². The van der Waals surface area contributed by atoms with E-state index in [4.69, 9.17) is 9.47 Å². The topological polar surface area (TPSA) is 38.8 Å². The van der Waals surface area contributed by atoms with Gasteiger partial charge in [-0.25, -0.2) is 0 Å². The summed E-state index contributed by atoms with van der Waals surface area (Å²) in [5.41, 5.74) is -0.296. The molecule has 142 valence electrons. The number of nitrogens with zero attached hydrogens (tertiary/aromatic N) is 1. The first-order chi connectivity index (χ1) is 11.1. The molecule has 0 aromatic heterocycles. The molecule has 4 nitrogen and oxygen atoms in total. The quantitative estimate of drug-likeness (QED) is 0.562. The fraction of sp³-hybridized carbons (Fsp3) is 0.950. The molecular weight excluding hydrogens is 302 g/mol. The van der Waals surface area contributed by atoms with Gasteiger partial charge < -0.3 is 9.47 Å². The Morgan fingerprint density at radius 1 is 1.08 bits per heavy atom. The highest BCUT2D eigenvalue weighted by molar-refractivity contribution is 5.83. The maximum absolute atomic E-state index is 11.8. The fourth-order valence-electron chi connectivity index (χ4n) is 2.89. The lowest BCUT2D eigenvalue weighted by Gasteiger charge is -2.28. The second kappa shape index (κ2) is 9.88. The van der Waals surface area contributed by atoms with E-state index in [-0.39, 0.29) is 16.8 Å². The van der Waals surface area contributed by atoms with Gasteiger partial charge in [0.2, 0.25) is 0 Å². The zero-order valence-electron chi connectivity index (χ0n) is 16.8. The maximum Gasteiger partial charge on any atom is 0.140 e. The monoisotopic (exact) mass is 341 g/mol. The molecule has 0 bridgehead atoms. The van der Waals surface area contributed by atoms with Gasteiger partial charge in [0.05, 0.1) is 18.8 Å². The summed E-state index contributed by atoms with van der Waals surface area (Å²) < 4.78 is 11.6. The van der Waals surface area contributed by atoms with Crippen molar-refractivity contribution in [1.82, 2.24) is 4.90 Å². The number of Topliss-reactive ketones (excluding diaryl/α,β-unsaturated/α-hetero) is 1. The molecule has 0 aromatic rings. The van der Waals surface area contributed by atoms with Crippen molar-refractivity contribution in [2.24, 2.45) is 5.41 Å². The molecule has 1 saturated heterocycles. The lowest BCUT2D eigenvalue weighted by Crippen LogP contribution is -2.36. The van der Waals surface area contributed by atoms with Crippen LogP contribution < -0.4 is 0 Å². The highest BCUT2D eigenvalue weighted by Crippen LogP contribution is 2.20. The van der Waals surface area contributed by atoms with Crippen molar-refractivity contribution in [3.05, 3.63) is 0 Å². The van der Waals surface area contributed by atoms with Crippen LogP contribution in [0.5, 0.6) is 0 Å². The standard InChI is InChI=1S/C20H39NO3/c1-19(2,3)18(22)11-15-23-14-8-7-12-21-13-9-10-17(21)16-24-20(4,5)6/h17H,7-16H2,1-6H3/t17-/m0/s1. The number of ether oxygens (including phenoxy) is 2. The zero-order valence-corrected chi connectivity index (χ0v) is 16.8. The molecule has 1 rings (SSSR count). The van der Waals surface area contributed by atoms with Gasteiger partial charge in [-0.05, 0) is 59.5 Å². The van der Waals surface area contributed by atoms with Gasteiger partial charge >= 0.3 is 0 Å². The van der Waals surface area contributed by atoms with Crippen molar-refractivity contribution < 1.29 is 14.3 Å². The Labute approximate surface area is 149 Å². The SMILES string of the molecule is CC(C)(C)OC[C@@H]1CCCN1CCCCOCCC(=O)C(C)(C)C. The summed E-state index contributed by atoms with van der Waals surface area (Å²) in [6, 6.07) is 0.578. The molecule has 0 spiro atoms. The molecule has 1 aliphatic heterocycles. The van der Waals surface area contributed by atoms with Crippen LogP contribution >= 0.6 is 0 Å². The van der Waals surface area contributed by atoms with Gasteiger partial charge in [0, 0.05) is 24.5 Å². The summed E-state index contributed by atoms with van der Waals surface area (Å²) >= 11 is 0. The number of carbonyl (C=O) groups is 1. The molecule has 0 aliphatic carbocycles. The molecule has 0 aromatic carbocycles. The van der Waals surface area contributed by atoms with Crippen LogP contribution in [-0.2, 0) is 14.3 Å². The Hall–Kier alpha value is -0.450. The third kappa shape index (κ3) is 9.14. The average Bonchev–Trinajstić information content (AvgIpc) is 2.89. The van der Waals surface area contributed by atoms with Crippen LogP contribution in [0.2, 0.25) is 0 Å². The van der Waals surface area contributed by atoms with Crippen LogP contribution in [0, 0.1) is 5.41 Å². The number of rotatable bonds is 10. The predicted molar refractivity (Wildman–Crippen MR) is 99.4 cm³/mol.